The number of aromatic amines is 1. The van der Waals surface area contributed by atoms with Crippen LogP contribution in [0.15, 0.2) is 48.8 Å². The van der Waals surface area contributed by atoms with Crippen LogP contribution in [0.2, 0.25) is 0 Å². The average molecular weight is 260 g/mol. The zero-order valence-electron chi connectivity index (χ0n) is 11.0. The first kappa shape index (κ1) is 12.1. The number of hydrogen-bond donors (Lipinski definition) is 1. The van der Waals surface area contributed by atoms with Gasteiger partial charge in [0.05, 0.1) is 23.5 Å². The van der Waals surface area contributed by atoms with Crippen LogP contribution in [-0.2, 0) is 0 Å². The highest BCUT2D eigenvalue weighted by molar-refractivity contribution is 5.66. The van der Waals surface area contributed by atoms with Crippen LogP contribution in [0.5, 0.6) is 0 Å². The number of H-pyrrole nitrogens is 1. The van der Waals surface area contributed by atoms with Crippen LogP contribution in [0.1, 0.15) is 11.3 Å². The molecule has 0 aliphatic rings. The van der Waals surface area contributed by atoms with Crippen molar-refractivity contribution >= 4 is 0 Å². The van der Waals surface area contributed by atoms with Gasteiger partial charge in [0, 0.05) is 23.0 Å². The van der Waals surface area contributed by atoms with E-state index in [1.54, 1.807) is 18.5 Å². The lowest BCUT2D eigenvalue weighted by Crippen LogP contribution is -1.88. The topological polar surface area (TPSA) is 65.4 Å². The maximum Gasteiger partial charge on any atom is 0.139 e. The van der Waals surface area contributed by atoms with Crippen LogP contribution >= 0.6 is 0 Å². The van der Waals surface area contributed by atoms with Crippen molar-refractivity contribution in [1.29, 1.82) is 5.26 Å². The molecule has 3 aromatic rings. The van der Waals surface area contributed by atoms with Crippen molar-refractivity contribution in [2.24, 2.45) is 0 Å². The predicted molar refractivity (Wildman–Crippen MR) is 76.7 cm³/mol. The van der Waals surface area contributed by atoms with Crippen LogP contribution in [0.25, 0.3) is 22.6 Å². The lowest BCUT2D eigenvalue weighted by atomic mass is 10.1. The number of nitriles is 1. The summed E-state index contributed by atoms with van der Waals surface area (Å²) in [5.41, 5.74) is 4.38. The first-order valence-electron chi connectivity index (χ1n) is 6.25. The van der Waals surface area contributed by atoms with Gasteiger partial charge in [-0.2, -0.15) is 5.26 Å². The first-order valence-corrected chi connectivity index (χ1v) is 6.25. The van der Waals surface area contributed by atoms with E-state index in [0.717, 1.165) is 28.3 Å². The number of rotatable bonds is 2. The van der Waals surface area contributed by atoms with Crippen LogP contribution in [0.4, 0.5) is 0 Å². The van der Waals surface area contributed by atoms with E-state index in [0.29, 0.717) is 5.56 Å². The van der Waals surface area contributed by atoms with E-state index in [-0.39, 0.29) is 0 Å². The van der Waals surface area contributed by atoms with Gasteiger partial charge in [0.1, 0.15) is 5.82 Å². The largest absolute Gasteiger partial charge is 0.338 e. The summed E-state index contributed by atoms with van der Waals surface area (Å²) in [5, 5.41) is 8.94. The Kier molecular flexibility index (Phi) is 3.02. The van der Waals surface area contributed by atoms with E-state index in [1.807, 2.05) is 37.3 Å². The van der Waals surface area contributed by atoms with Crippen LogP contribution < -0.4 is 0 Å². The molecule has 0 saturated heterocycles. The summed E-state index contributed by atoms with van der Waals surface area (Å²) in [6.07, 6.45) is 3.54. The molecule has 0 aliphatic heterocycles. The number of imidazole rings is 1. The summed E-state index contributed by atoms with van der Waals surface area (Å²) in [5.74, 6) is 0.785. The quantitative estimate of drug-likeness (QED) is 0.768. The number of nitrogens with one attached hydrogen (secondary N) is 1. The van der Waals surface area contributed by atoms with E-state index in [4.69, 9.17) is 5.26 Å². The van der Waals surface area contributed by atoms with Gasteiger partial charge in [0.2, 0.25) is 0 Å². The summed E-state index contributed by atoms with van der Waals surface area (Å²) < 4.78 is 0. The van der Waals surface area contributed by atoms with Gasteiger partial charge in [-0.25, -0.2) is 4.98 Å². The maximum absolute atomic E-state index is 8.94. The molecule has 0 saturated carbocycles. The van der Waals surface area contributed by atoms with Gasteiger partial charge in [0.15, 0.2) is 0 Å². The summed E-state index contributed by atoms with van der Waals surface area (Å²) in [4.78, 5) is 11.9. The highest BCUT2D eigenvalue weighted by Crippen LogP contribution is 2.23. The van der Waals surface area contributed by atoms with Gasteiger partial charge >= 0.3 is 0 Å². The molecule has 0 atom stereocenters. The maximum atomic E-state index is 8.94. The fraction of sp³-hybridized carbons (Fsp3) is 0.0625. The van der Waals surface area contributed by atoms with Crippen molar-refractivity contribution in [2.45, 2.75) is 6.92 Å². The number of benzene rings is 1. The third kappa shape index (κ3) is 2.17. The molecule has 2 aromatic heterocycles. The molecule has 1 N–H and O–H groups in total. The Morgan fingerprint density at radius 1 is 1.15 bits per heavy atom. The molecular formula is C16H12N4. The Hall–Kier alpha value is -2.93. The molecule has 1 aromatic carbocycles. The van der Waals surface area contributed by atoms with E-state index in [1.165, 1.54) is 0 Å². The Labute approximate surface area is 116 Å². The number of hydrogen-bond acceptors (Lipinski definition) is 3. The predicted octanol–water partition coefficient (Wildman–Crippen LogP) is 3.32. The first-order chi connectivity index (χ1) is 9.78. The Bertz CT molecular complexity index is 796. The summed E-state index contributed by atoms with van der Waals surface area (Å²) in [6.45, 7) is 1.95. The summed E-state index contributed by atoms with van der Waals surface area (Å²) in [7, 11) is 0. The molecule has 0 spiro atoms. The molecule has 20 heavy (non-hydrogen) atoms. The van der Waals surface area contributed by atoms with Crippen molar-refractivity contribution < 1.29 is 0 Å². The number of nitrogens with zero attached hydrogens (tertiary/aromatic N) is 3. The fourth-order valence-electron chi connectivity index (χ4n) is 2.10. The molecule has 0 bridgehead atoms. The number of pyridine rings is 1. The molecule has 3 rings (SSSR count). The number of aryl methyl sites for hydroxylation is 1. The highest BCUT2D eigenvalue weighted by Gasteiger charge is 2.08. The van der Waals surface area contributed by atoms with Crippen LogP contribution in [0.3, 0.4) is 0 Å². The Balaban J connectivity index is 2.02. The van der Waals surface area contributed by atoms with E-state index >= 15 is 0 Å². The van der Waals surface area contributed by atoms with Crippen molar-refractivity contribution in [3.8, 4) is 28.7 Å². The minimum atomic E-state index is 0.635. The molecule has 0 aliphatic carbocycles. The van der Waals surface area contributed by atoms with Crippen LogP contribution in [0, 0.1) is 18.3 Å². The normalized spacial score (nSPS) is 10.2. The molecule has 2 heterocycles. The SMILES string of the molecule is Cc1ncccc1-c1ncc(-c2cccc(C#N)c2)[nH]1. The lowest BCUT2D eigenvalue weighted by molar-refractivity contribution is 1.17. The zero-order valence-corrected chi connectivity index (χ0v) is 11.0. The zero-order chi connectivity index (χ0) is 13.9. The highest BCUT2D eigenvalue weighted by atomic mass is 14.9. The van der Waals surface area contributed by atoms with E-state index < -0.39 is 0 Å². The third-order valence-electron chi connectivity index (χ3n) is 3.14. The van der Waals surface area contributed by atoms with Crippen molar-refractivity contribution in [3.63, 3.8) is 0 Å². The monoisotopic (exact) mass is 260 g/mol. The molecule has 0 unspecified atom stereocenters. The molecule has 96 valence electrons. The molecule has 0 amide bonds. The van der Waals surface area contributed by atoms with E-state index in [9.17, 15) is 0 Å². The second-order valence-corrected chi connectivity index (χ2v) is 4.47. The Morgan fingerprint density at radius 3 is 2.85 bits per heavy atom. The van der Waals surface area contributed by atoms with Gasteiger partial charge in [-0.15, -0.1) is 0 Å². The molecule has 0 fully saturated rings. The van der Waals surface area contributed by atoms with E-state index in [2.05, 4.69) is 21.0 Å². The molecule has 0 radical (unpaired) electrons. The number of aromatic nitrogens is 3. The smallest absolute Gasteiger partial charge is 0.139 e. The van der Waals surface area contributed by atoms with Crippen molar-refractivity contribution in [3.05, 3.63) is 60.0 Å². The summed E-state index contributed by atoms with van der Waals surface area (Å²) >= 11 is 0. The van der Waals surface area contributed by atoms with Gasteiger partial charge in [-0.1, -0.05) is 12.1 Å². The standard InChI is InChI=1S/C16H12N4/c1-11-14(6-3-7-18-11)16-19-10-15(20-16)13-5-2-4-12(8-13)9-17/h2-8,10H,1H3,(H,19,20). The summed E-state index contributed by atoms with van der Waals surface area (Å²) in [6, 6.07) is 13.5. The third-order valence-corrected chi connectivity index (χ3v) is 3.14. The fourth-order valence-corrected chi connectivity index (χ4v) is 2.10. The molecular weight excluding hydrogens is 248 g/mol. The van der Waals surface area contributed by atoms with Gasteiger partial charge in [-0.3, -0.25) is 4.98 Å². The van der Waals surface area contributed by atoms with Crippen molar-refractivity contribution in [2.75, 3.05) is 0 Å². The second kappa shape index (κ2) is 4.98. The second-order valence-electron chi connectivity index (χ2n) is 4.47. The molecule has 4 heteroatoms. The van der Waals surface area contributed by atoms with Gasteiger partial charge in [-0.05, 0) is 31.2 Å². The molecule has 4 nitrogen and oxygen atoms in total. The van der Waals surface area contributed by atoms with Crippen LogP contribution in [-0.4, -0.2) is 15.0 Å². The average Bonchev–Trinajstić information content (AvgIpc) is 2.97. The van der Waals surface area contributed by atoms with Gasteiger partial charge < -0.3 is 4.98 Å². The lowest BCUT2D eigenvalue weighted by Gasteiger charge is -2.01. The van der Waals surface area contributed by atoms with Gasteiger partial charge in [0.25, 0.3) is 0 Å². The Morgan fingerprint density at radius 2 is 2.05 bits per heavy atom. The van der Waals surface area contributed by atoms with Crippen molar-refractivity contribution in [1.82, 2.24) is 15.0 Å². The minimum absolute atomic E-state index is 0.635. The minimum Gasteiger partial charge on any atom is -0.338 e.